The average molecular weight is 402 g/mol. The number of nitrogens with zero attached hydrogens (tertiary/aromatic N) is 2. The van der Waals surface area contributed by atoms with E-state index in [9.17, 15) is 4.79 Å². The van der Waals surface area contributed by atoms with Crippen molar-refractivity contribution in [2.45, 2.75) is 19.3 Å². The van der Waals surface area contributed by atoms with Gasteiger partial charge in [-0.25, -0.2) is 0 Å². The number of hydrogen-bond donors (Lipinski definition) is 1. The summed E-state index contributed by atoms with van der Waals surface area (Å²) >= 11 is 6.05. The van der Waals surface area contributed by atoms with Crippen molar-refractivity contribution in [3.05, 3.63) is 53.1 Å². The van der Waals surface area contributed by atoms with E-state index < -0.39 is 0 Å². The summed E-state index contributed by atoms with van der Waals surface area (Å²) in [6, 6.07) is 12.6. The first-order valence-corrected chi connectivity index (χ1v) is 9.67. The molecule has 0 bridgehead atoms. The van der Waals surface area contributed by atoms with E-state index in [-0.39, 0.29) is 12.5 Å². The van der Waals surface area contributed by atoms with Crippen LogP contribution in [0.5, 0.6) is 11.5 Å². The Balaban J connectivity index is 1.58. The molecule has 0 unspecified atom stereocenters. The highest BCUT2D eigenvalue weighted by atomic mass is 35.5. The zero-order chi connectivity index (χ0) is 19.8. The molecule has 2 aromatic rings. The van der Waals surface area contributed by atoms with Gasteiger partial charge in [0.15, 0.2) is 18.1 Å². The highest BCUT2D eigenvalue weighted by Gasteiger charge is 2.10. The van der Waals surface area contributed by atoms with Crippen molar-refractivity contribution in [1.29, 1.82) is 0 Å². The standard InChI is InChI=1S/C21H24ClN3O3/c1-27-20-13-16(14-23-25-11-5-2-6-12-25)9-10-19(20)28-15-21(26)24-18-8-4-3-7-17(18)22/h3-4,7-10,13-14H,2,5-6,11-12,15H2,1H3,(H,24,26)/b23-14+. The maximum absolute atomic E-state index is 12.1. The fourth-order valence-corrected chi connectivity index (χ4v) is 3.10. The Morgan fingerprint density at radius 3 is 2.71 bits per heavy atom. The molecule has 0 aliphatic carbocycles. The van der Waals surface area contributed by atoms with Gasteiger partial charge in [-0.3, -0.25) is 9.80 Å². The molecule has 0 radical (unpaired) electrons. The van der Waals surface area contributed by atoms with Crippen LogP contribution in [0.3, 0.4) is 0 Å². The summed E-state index contributed by atoms with van der Waals surface area (Å²) in [6.07, 6.45) is 5.46. The number of nitrogens with one attached hydrogen (secondary N) is 1. The lowest BCUT2D eigenvalue weighted by molar-refractivity contribution is -0.118. The Kier molecular flexibility index (Phi) is 7.14. The summed E-state index contributed by atoms with van der Waals surface area (Å²) in [5.41, 5.74) is 1.46. The van der Waals surface area contributed by atoms with Gasteiger partial charge in [-0.15, -0.1) is 0 Å². The predicted octanol–water partition coefficient (Wildman–Crippen LogP) is 4.19. The number of hydrazone groups is 1. The zero-order valence-corrected chi connectivity index (χ0v) is 16.6. The topological polar surface area (TPSA) is 63.2 Å². The van der Waals surface area contributed by atoms with Gasteiger partial charge in [-0.2, -0.15) is 5.10 Å². The minimum Gasteiger partial charge on any atom is -0.493 e. The molecule has 1 aliphatic rings. The predicted molar refractivity (Wildman–Crippen MR) is 112 cm³/mol. The van der Waals surface area contributed by atoms with Crippen LogP contribution in [-0.2, 0) is 4.79 Å². The van der Waals surface area contributed by atoms with E-state index in [0.717, 1.165) is 18.7 Å². The van der Waals surface area contributed by atoms with Crippen LogP contribution in [-0.4, -0.2) is 43.9 Å². The summed E-state index contributed by atoms with van der Waals surface area (Å²) in [6.45, 7) is 1.84. The van der Waals surface area contributed by atoms with Gasteiger partial charge in [0, 0.05) is 13.1 Å². The highest BCUT2D eigenvalue weighted by Crippen LogP contribution is 2.28. The monoisotopic (exact) mass is 401 g/mol. The molecule has 0 spiro atoms. The van der Waals surface area contributed by atoms with E-state index >= 15 is 0 Å². The summed E-state index contributed by atoms with van der Waals surface area (Å²) in [7, 11) is 1.57. The highest BCUT2D eigenvalue weighted by molar-refractivity contribution is 6.33. The lowest BCUT2D eigenvalue weighted by Crippen LogP contribution is -2.24. The van der Waals surface area contributed by atoms with Gasteiger partial charge >= 0.3 is 0 Å². The van der Waals surface area contributed by atoms with Gasteiger partial charge in [0.1, 0.15) is 0 Å². The minimum absolute atomic E-state index is 0.150. The average Bonchev–Trinajstić information content (AvgIpc) is 2.73. The van der Waals surface area contributed by atoms with E-state index in [1.807, 2.05) is 18.3 Å². The maximum atomic E-state index is 12.1. The molecule has 1 saturated heterocycles. The molecule has 148 valence electrons. The van der Waals surface area contributed by atoms with Crippen molar-refractivity contribution < 1.29 is 14.3 Å². The Hall–Kier alpha value is -2.73. The second-order valence-corrected chi connectivity index (χ2v) is 6.89. The minimum atomic E-state index is -0.300. The number of piperidine rings is 1. The Bertz CT molecular complexity index is 835. The fraction of sp³-hybridized carbons (Fsp3) is 0.333. The van der Waals surface area contributed by atoms with Crippen molar-refractivity contribution in [3.63, 3.8) is 0 Å². The van der Waals surface area contributed by atoms with Gasteiger partial charge in [-0.1, -0.05) is 23.7 Å². The van der Waals surface area contributed by atoms with Gasteiger partial charge in [-0.05, 0) is 55.2 Å². The molecule has 1 heterocycles. The molecule has 1 aliphatic heterocycles. The Labute approximate surface area is 170 Å². The van der Waals surface area contributed by atoms with E-state index in [4.69, 9.17) is 21.1 Å². The van der Waals surface area contributed by atoms with E-state index in [0.29, 0.717) is 22.2 Å². The summed E-state index contributed by atoms with van der Waals surface area (Å²) in [4.78, 5) is 12.1. The molecular formula is C21H24ClN3O3. The van der Waals surface area contributed by atoms with Crippen LogP contribution in [0.15, 0.2) is 47.6 Å². The molecule has 6 nitrogen and oxygen atoms in total. The van der Waals surface area contributed by atoms with Crippen molar-refractivity contribution in [3.8, 4) is 11.5 Å². The van der Waals surface area contributed by atoms with Crippen LogP contribution in [0.2, 0.25) is 5.02 Å². The van der Waals surface area contributed by atoms with Gasteiger partial charge in [0.25, 0.3) is 5.91 Å². The third kappa shape index (κ3) is 5.63. The SMILES string of the molecule is COc1cc(/C=N/N2CCCCC2)ccc1OCC(=O)Nc1ccccc1Cl. The third-order valence-electron chi connectivity index (χ3n) is 4.40. The number of carbonyl (C=O) groups is 1. The lowest BCUT2D eigenvalue weighted by atomic mass is 10.2. The second-order valence-electron chi connectivity index (χ2n) is 6.49. The maximum Gasteiger partial charge on any atom is 0.262 e. The van der Waals surface area contributed by atoms with Gasteiger partial charge in [0.2, 0.25) is 0 Å². The summed E-state index contributed by atoms with van der Waals surface area (Å²) < 4.78 is 11.0. The number of anilines is 1. The third-order valence-corrected chi connectivity index (χ3v) is 4.73. The van der Waals surface area contributed by atoms with Crippen LogP contribution < -0.4 is 14.8 Å². The summed E-state index contributed by atoms with van der Waals surface area (Å²) in [5.74, 6) is 0.742. The molecule has 1 fully saturated rings. The van der Waals surface area contributed by atoms with E-state index in [2.05, 4.69) is 15.4 Å². The fourth-order valence-electron chi connectivity index (χ4n) is 2.92. The van der Waals surface area contributed by atoms with Gasteiger partial charge < -0.3 is 14.8 Å². The van der Waals surface area contributed by atoms with Crippen LogP contribution >= 0.6 is 11.6 Å². The quantitative estimate of drug-likeness (QED) is 0.707. The number of halogens is 1. The normalized spacial score (nSPS) is 14.1. The molecule has 0 saturated carbocycles. The zero-order valence-electron chi connectivity index (χ0n) is 15.9. The van der Waals surface area contributed by atoms with Crippen LogP contribution in [0.1, 0.15) is 24.8 Å². The molecule has 28 heavy (non-hydrogen) atoms. The van der Waals surface area contributed by atoms with Crippen LogP contribution in [0.4, 0.5) is 5.69 Å². The molecule has 0 aromatic heterocycles. The number of hydrogen-bond acceptors (Lipinski definition) is 5. The van der Waals surface area contributed by atoms with E-state index in [1.54, 1.807) is 37.4 Å². The number of ether oxygens (including phenoxy) is 2. The largest absolute Gasteiger partial charge is 0.493 e. The van der Waals surface area contributed by atoms with Crippen molar-refractivity contribution in [2.24, 2.45) is 5.10 Å². The Morgan fingerprint density at radius 2 is 1.96 bits per heavy atom. The first-order valence-electron chi connectivity index (χ1n) is 9.30. The van der Waals surface area contributed by atoms with Crippen molar-refractivity contribution in [1.82, 2.24) is 5.01 Å². The molecule has 3 rings (SSSR count). The second kappa shape index (κ2) is 9.99. The van der Waals surface area contributed by atoms with Crippen LogP contribution in [0.25, 0.3) is 0 Å². The first-order chi connectivity index (χ1) is 13.7. The number of methoxy groups -OCH3 is 1. The number of rotatable bonds is 7. The molecule has 1 N–H and O–H groups in total. The molecular weight excluding hydrogens is 378 g/mol. The van der Waals surface area contributed by atoms with E-state index in [1.165, 1.54) is 19.3 Å². The number of carbonyl (C=O) groups excluding carboxylic acids is 1. The number of para-hydroxylation sites is 1. The van der Waals surface area contributed by atoms with Crippen molar-refractivity contribution >= 4 is 29.4 Å². The van der Waals surface area contributed by atoms with Gasteiger partial charge in [0.05, 0.1) is 24.0 Å². The summed E-state index contributed by atoms with van der Waals surface area (Å²) in [5, 5.41) is 9.81. The number of amides is 1. The molecule has 2 aromatic carbocycles. The number of benzene rings is 2. The smallest absolute Gasteiger partial charge is 0.262 e. The first kappa shape index (κ1) is 20.0. The Morgan fingerprint density at radius 1 is 1.18 bits per heavy atom. The van der Waals surface area contributed by atoms with Crippen molar-refractivity contribution in [2.75, 3.05) is 32.1 Å². The molecule has 7 heteroatoms. The molecule has 1 amide bonds. The molecule has 0 atom stereocenters. The lowest BCUT2D eigenvalue weighted by Gasteiger charge is -2.23. The van der Waals surface area contributed by atoms with Crippen LogP contribution in [0, 0.1) is 0 Å².